The summed E-state index contributed by atoms with van der Waals surface area (Å²) in [6.07, 6.45) is 1.90. The van der Waals surface area contributed by atoms with E-state index in [-0.39, 0.29) is 11.3 Å². The van der Waals surface area contributed by atoms with Gasteiger partial charge in [-0.25, -0.2) is 4.79 Å². The monoisotopic (exact) mass is 434 g/mol. The van der Waals surface area contributed by atoms with Gasteiger partial charge in [0.2, 0.25) is 0 Å². The summed E-state index contributed by atoms with van der Waals surface area (Å²) in [5.74, 6) is -0.665. The molecule has 2 amide bonds. The zero-order chi connectivity index (χ0) is 23.0. The van der Waals surface area contributed by atoms with E-state index in [1.54, 1.807) is 12.1 Å². The van der Waals surface area contributed by atoms with Gasteiger partial charge in [-0.15, -0.1) is 0 Å². The molecule has 2 aromatic heterocycles. The molecular weight excluding hydrogens is 408 g/mol. The molecule has 3 aromatic rings. The van der Waals surface area contributed by atoms with E-state index in [1.807, 2.05) is 56.6 Å². The average Bonchev–Trinajstić information content (AvgIpc) is 3.28. The molecule has 1 saturated heterocycles. The molecule has 1 aliphatic heterocycles. The van der Waals surface area contributed by atoms with Crippen molar-refractivity contribution in [3.8, 4) is 11.3 Å². The van der Waals surface area contributed by atoms with Crippen LogP contribution in [0.25, 0.3) is 22.2 Å². The van der Waals surface area contributed by atoms with Gasteiger partial charge in [-0.3, -0.25) is 19.6 Å². The fourth-order valence-corrected chi connectivity index (χ4v) is 4.37. The zero-order valence-electron chi connectivity index (χ0n) is 18.6. The molecule has 32 heavy (non-hydrogen) atoms. The predicted octanol–water partition coefficient (Wildman–Crippen LogP) is 3.93. The highest BCUT2D eigenvalue weighted by molar-refractivity contribution is 6.07. The number of benzene rings is 1. The normalized spacial score (nSPS) is 15.4. The minimum absolute atomic E-state index is 0.0733. The Morgan fingerprint density at radius 3 is 2.44 bits per heavy atom. The number of nitrogens with zero attached hydrogens (tertiary/aromatic N) is 2. The van der Waals surface area contributed by atoms with E-state index in [0.29, 0.717) is 24.1 Å². The van der Waals surface area contributed by atoms with Crippen LogP contribution < -0.4 is 10.9 Å². The van der Waals surface area contributed by atoms with Crippen LogP contribution in [-0.2, 0) is 21.5 Å². The first-order valence-corrected chi connectivity index (χ1v) is 10.8. The minimum Gasteiger partial charge on any atom is -0.404 e. The number of hydrogen-bond donors (Lipinski definition) is 2. The maximum atomic E-state index is 13.2. The summed E-state index contributed by atoms with van der Waals surface area (Å²) in [6.45, 7) is 8.65. The third-order valence-electron chi connectivity index (χ3n) is 6.30. The Balaban J connectivity index is 1.78. The number of carbonyl (C=O) groups excluding carboxylic acids is 2. The van der Waals surface area contributed by atoms with E-state index in [0.717, 1.165) is 28.7 Å². The third-order valence-corrected chi connectivity index (χ3v) is 6.30. The van der Waals surface area contributed by atoms with Crippen LogP contribution in [-0.4, -0.2) is 26.8 Å². The van der Waals surface area contributed by atoms with Crippen molar-refractivity contribution >= 4 is 22.9 Å². The summed E-state index contributed by atoms with van der Waals surface area (Å²) >= 11 is 0. The molecule has 4 rings (SSSR count). The third kappa shape index (κ3) is 3.51. The van der Waals surface area contributed by atoms with Crippen molar-refractivity contribution in [2.75, 3.05) is 0 Å². The molecule has 8 heteroatoms. The standard InChI is InChI=1S/C24H26N4O4/c1-5-24(6-2,13-20-22(30)26-23(31)32-20)17-10-11-18(25-21(17)29)15-8-9-16-14(4)27-28(7-3)19(16)12-15/h8-13H,5-7H2,1-4H3,(H,25,29)(H,26,30,31)/b20-13-. The van der Waals surface area contributed by atoms with Gasteiger partial charge in [0, 0.05) is 34.2 Å². The predicted molar refractivity (Wildman–Crippen MR) is 121 cm³/mol. The molecule has 0 bridgehead atoms. The number of aromatic nitrogens is 3. The molecule has 0 atom stereocenters. The number of alkyl carbamates (subject to hydrolysis) is 1. The number of rotatable bonds is 6. The molecule has 8 nitrogen and oxygen atoms in total. The number of hydrogen-bond acceptors (Lipinski definition) is 5. The van der Waals surface area contributed by atoms with E-state index < -0.39 is 17.4 Å². The molecule has 0 radical (unpaired) electrons. The van der Waals surface area contributed by atoms with Gasteiger partial charge in [0.05, 0.1) is 11.2 Å². The number of cyclic esters (lactones) is 1. The lowest BCUT2D eigenvalue weighted by Gasteiger charge is -2.28. The van der Waals surface area contributed by atoms with Gasteiger partial charge in [-0.05, 0) is 44.9 Å². The quantitative estimate of drug-likeness (QED) is 0.572. The van der Waals surface area contributed by atoms with Crippen molar-refractivity contribution in [1.82, 2.24) is 20.1 Å². The topological polar surface area (TPSA) is 106 Å². The number of pyridine rings is 1. The Kier molecular flexibility index (Phi) is 5.46. The Morgan fingerprint density at radius 1 is 1.09 bits per heavy atom. The lowest BCUT2D eigenvalue weighted by atomic mass is 9.75. The molecule has 0 saturated carbocycles. The SMILES string of the molecule is CCn1nc(C)c2ccc(-c3ccc(C(/C=C4\OC(=O)NC4=O)(CC)CC)c(=O)[nH]3)cc21. The molecule has 2 N–H and O–H groups in total. The first-order chi connectivity index (χ1) is 15.3. The summed E-state index contributed by atoms with van der Waals surface area (Å²) in [7, 11) is 0. The molecule has 0 spiro atoms. The van der Waals surface area contributed by atoms with Crippen LogP contribution >= 0.6 is 0 Å². The fourth-order valence-electron chi connectivity index (χ4n) is 4.37. The number of amides is 2. The Labute approximate surface area is 185 Å². The number of ether oxygens (including phenoxy) is 1. The molecule has 0 aliphatic carbocycles. The maximum Gasteiger partial charge on any atom is 0.419 e. The van der Waals surface area contributed by atoms with Gasteiger partial charge in [0.1, 0.15) is 0 Å². The van der Waals surface area contributed by atoms with Crippen molar-refractivity contribution in [3.05, 3.63) is 63.8 Å². The van der Waals surface area contributed by atoms with Gasteiger partial charge in [-0.2, -0.15) is 5.10 Å². The van der Waals surface area contributed by atoms with Crippen molar-refractivity contribution in [2.24, 2.45) is 0 Å². The summed E-state index contributed by atoms with van der Waals surface area (Å²) in [4.78, 5) is 39.6. The summed E-state index contributed by atoms with van der Waals surface area (Å²) in [5.41, 5.74) is 3.10. The van der Waals surface area contributed by atoms with Gasteiger partial charge in [0.15, 0.2) is 5.76 Å². The number of allylic oxidation sites excluding steroid dienone is 1. The average molecular weight is 434 g/mol. The molecule has 0 unspecified atom stereocenters. The van der Waals surface area contributed by atoms with Crippen molar-refractivity contribution in [3.63, 3.8) is 0 Å². The van der Waals surface area contributed by atoms with E-state index in [4.69, 9.17) is 4.74 Å². The Bertz CT molecular complexity index is 1310. The second kappa shape index (κ2) is 8.11. The number of carbonyl (C=O) groups is 2. The fraction of sp³-hybridized carbons (Fsp3) is 0.333. The largest absolute Gasteiger partial charge is 0.419 e. The zero-order valence-corrected chi connectivity index (χ0v) is 18.6. The van der Waals surface area contributed by atoms with Gasteiger partial charge in [-0.1, -0.05) is 32.0 Å². The number of imide groups is 1. The van der Waals surface area contributed by atoms with Crippen molar-refractivity contribution in [1.29, 1.82) is 0 Å². The smallest absolute Gasteiger partial charge is 0.404 e. The van der Waals surface area contributed by atoms with E-state index >= 15 is 0 Å². The summed E-state index contributed by atoms with van der Waals surface area (Å²) < 4.78 is 6.94. The second-order valence-corrected chi connectivity index (χ2v) is 7.96. The van der Waals surface area contributed by atoms with Gasteiger partial charge < -0.3 is 9.72 Å². The second-order valence-electron chi connectivity index (χ2n) is 7.96. The molecule has 1 aromatic carbocycles. The lowest BCUT2D eigenvalue weighted by molar-refractivity contribution is -0.116. The van der Waals surface area contributed by atoms with Crippen LogP contribution in [0.4, 0.5) is 4.79 Å². The highest BCUT2D eigenvalue weighted by Gasteiger charge is 2.35. The Hall–Kier alpha value is -3.68. The number of aromatic amines is 1. The number of aryl methyl sites for hydroxylation is 2. The first-order valence-electron chi connectivity index (χ1n) is 10.8. The highest BCUT2D eigenvalue weighted by atomic mass is 16.6. The van der Waals surface area contributed by atoms with Crippen molar-refractivity contribution < 1.29 is 14.3 Å². The van der Waals surface area contributed by atoms with Crippen LogP contribution in [0.1, 0.15) is 44.9 Å². The maximum absolute atomic E-state index is 13.2. The molecular formula is C24H26N4O4. The summed E-state index contributed by atoms with van der Waals surface area (Å²) in [6, 6.07) is 9.68. The minimum atomic E-state index is -0.802. The van der Waals surface area contributed by atoms with Crippen LogP contribution in [0.5, 0.6) is 0 Å². The molecule has 1 fully saturated rings. The number of nitrogens with one attached hydrogen (secondary N) is 2. The van der Waals surface area contributed by atoms with E-state index in [2.05, 4.69) is 15.4 Å². The highest BCUT2D eigenvalue weighted by Crippen LogP contribution is 2.34. The number of H-pyrrole nitrogens is 1. The van der Waals surface area contributed by atoms with Gasteiger partial charge >= 0.3 is 6.09 Å². The lowest BCUT2D eigenvalue weighted by Crippen LogP contribution is -2.31. The Morgan fingerprint density at radius 2 is 1.84 bits per heavy atom. The number of fused-ring (bicyclic) bond motifs is 1. The van der Waals surface area contributed by atoms with Gasteiger partial charge in [0.25, 0.3) is 11.5 Å². The summed E-state index contributed by atoms with van der Waals surface area (Å²) in [5, 5.41) is 7.74. The van der Waals surface area contributed by atoms with Crippen LogP contribution in [0.2, 0.25) is 0 Å². The molecule has 3 heterocycles. The van der Waals surface area contributed by atoms with E-state index in [9.17, 15) is 14.4 Å². The van der Waals surface area contributed by atoms with Crippen LogP contribution in [0.15, 0.2) is 47.0 Å². The van der Waals surface area contributed by atoms with Crippen LogP contribution in [0.3, 0.4) is 0 Å². The van der Waals surface area contributed by atoms with E-state index in [1.165, 1.54) is 0 Å². The van der Waals surface area contributed by atoms with Crippen LogP contribution in [0, 0.1) is 6.92 Å². The first kappa shape index (κ1) is 21.5. The van der Waals surface area contributed by atoms with Crippen molar-refractivity contribution in [2.45, 2.75) is 52.5 Å². The molecule has 166 valence electrons. The molecule has 1 aliphatic rings.